The van der Waals surface area contributed by atoms with Gasteiger partial charge in [-0.15, -0.1) is 12.3 Å². The summed E-state index contributed by atoms with van der Waals surface area (Å²) in [5, 5.41) is 9.05. The highest BCUT2D eigenvalue weighted by Gasteiger charge is 2.49. The second kappa shape index (κ2) is 13.1. The van der Waals surface area contributed by atoms with Crippen molar-refractivity contribution < 1.29 is 38.3 Å². The third kappa shape index (κ3) is 8.78. The second-order valence-corrected chi connectivity index (χ2v) is 15.0. The van der Waals surface area contributed by atoms with Crippen molar-refractivity contribution >= 4 is 6.29 Å². The summed E-state index contributed by atoms with van der Waals surface area (Å²) < 4.78 is 34.7. The zero-order valence-electron chi connectivity index (χ0n) is 27.0. The maximum absolute atomic E-state index is 10.6. The molecule has 3 aliphatic heterocycles. The van der Waals surface area contributed by atoms with Crippen molar-refractivity contribution in [3.8, 4) is 12.3 Å². The van der Waals surface area contributed by atoms with Gasteiger partial charge in [-0.05, 0) is 125 Å². The Kier molecular flexibility index (Phi) is 10.6. The van der Waals surface area contributed by atoms with E-state index in [2.05, 4.69) is 5.92 Å². The molecule has 3 saturated heterocycles. The Morgan fingerprint density at radius 3 is 1.31 bits per heavy atom. The summed E-state index contributed by atoms with van der Waals surface area (Å²) in [6.45, 7) is 14.3. The first-order valence-corrected chi connectivity index (χ1v) is 16.2. The van der Waals surface area contributed by atoms with E-state index < -0.39 is 17.4 Å². The molecule has 3 aliphatic carbocycles. The van der Waals surface area contributed by atoms with Gasteiger partial charge >= 0.3 is 0 Å². The van der Waals surface area contributed by atoms with Crippen LogP contribution >= 0.6 is 0 Å². The molecule has 0 atom stereocenters. The summed E-state index contributed by atoms with van der Waals surface area (Å²) in [5.41, 5.74) is -0.172. The number of aliphatic hydroxyl groups excluding tert-OH is 1. The van der Waals surface area contributed by atoms with Gasteiger partial charge in [0.05, 0.1) is 36.6 Å². The molecule has 0 radical (unpaired) electrons. The van der Waals surface area contributed by atoms with E-state index in [1.165, 1.54) is 0 Å². The molecule has 0 aromatic carbocycles. The number of aliphatic hydroxyl groups is 1. The first kappa shape index (κ1) is 33.8. The Bertz CT molecular complexity index is 926. The largest absolute Gasteiger partial charge is 0.396 e. The Balaban J connectivity index is 0.000000145. The van der Waals surface area contributed by atoms with Gasteiger partial charge in [-0.1, -0.05) is 0 Å². The third-order valence-electron chi connectivity index (χ3n) is 9.98. The third-order valence-corrected chi connectivity index (χ3v) is 9.98. The minimum absolute atomic E-state index is 0.0309. The molecule has 0 bridgehead atoms. The molecule has 3 heterocycles. The normalized spacial score (nSPS) is 41.4. The van der Waals surface area contributed by atoms with E-state index in [4.69, 9.17) is 40.0 Å². The van der Waals surface area contributed by atoms with Crippen LogP contribution in [0.2, 0.25) is 0 Å². The molecule has 6 aliphatic rings. The number of terminal acetylenes is 1. The maximum atomic E-state index is 10.6. The second-order valence-electron chi connectivity index (χ2n) is 15.0. The minimum atomic E-state index is -0.436. The number of aldehydes is 1. The van der Waals surface area contributed by atoms with Gasteiger partial charge in [0.25, 0.3) is 0 Å². The average Bonchev–Trinajstić information content (AvgIpc) is 3.54. The Morgan fingerprint density at radius 2 is 1.02 bits per heavy atom. The van der Waals surface area contributed by atoms with Crippen molar-refractivity contribution in [2.24, 2.45) is 17.8 Å². The summed E-state index contributed by atoms with van der Waals surface area (Å²) in [7, 11) is 0. The van der Waals surface area contributed by atoms with E-state index in [1.54, 1.807) is 0 Å². The van der Waals surface area contributed by atoms with Crippen LogP contribution in [-0.2, 0) is 33.2 Å². The standard InChI is InChI=1S/C12H18O2.C11H20O3.C11H18O3/c1-4-10-5-7-12(8-6-10)9-13-11(2,3)14-12;2*1-10(2)13-8-11(14-10)5-3-9(7-12)4-6-11/h1,10H,5-9H2,2-3H3;9,12H,3-8H2,1-2H3;7,9H,3-6,8H2,1-2H3. The molecular formula is C34H56O8. The number of carbonyl (C=O) groups is 1. The molecule has 8 nitrogen and oxygen atoms in total. The fourth-order valence-electron chi connectivity index (χ4n) is 7.40. The van der Waals surface area contributed by atoms with Crippen molar-refractivity contribution in [3.63, 3.8) is 0 Å². The minimum Gasteiger partial charge on any atom is -0.396 e. The molecule has 3 spiro atoms. The predicted octanol–water partition coefficient (Wildman–Crippen LogP) is 5.92. The Morgan fingerprint density at radius 1 is 0.667 bits per heavy atom. The lowest BCUT2D eigenvalue weighted by atomic mass is 9.79. The van der Waals surface area contributed by atoms with Gasteiger partial charge in [0.2, 0.25) is 0 Å². The molecule has 6 rings (SSSR count). The highest BCUT2D eigenvalue weighted by Crippen LogP contribution is 2.44. The van der Waals surface area contributed by atoms with Gasteiger partial charge in [-0.3, -0.25) is 0 Å². The van der Waals surface area contributed by atoms with Crippen LogP contribution < -0.4 is 0 Å². The highest BCUT2D eigenvalue weighted by atomic mass is 16.8. The molecule has 0 aromatic rings. The summed E-state index contributed by atoms with van der Waals surface area (Å²) in [6, 6.07) is 0. The lowest BCUT2D eigenvalue weighted by Gasteiger charge is -2.35. The zero-order valence-corrected chi connectivity index (χ0v) is 27.0. The van der Waals surface area contributed by atoms with Gasteiger partial charge in [0.1, 0.15) is 6.29 Å². The number of ether oxygens (including phenoxy) is 6. The lowest BCUT2D eigenvalue weighted by molar-refractivity contribution is -0.170. The van der Waals surface area contributed by atoms with E-state index in [0.717, 1.165) is 96.5 Å². The van der Waals surface area contributed by atoms with Crippen molar-refractivity contribution in [2.75, 3.05) is 26.4 Å². The predicted molar refractivity (Wildman–Crippen MR) is 159 cm³/mol. The maximum Gasteiger partial charge on any atom is 0.163 e. The van der Waals surface area contributed by atoms with Crippen molar-refractivity contribution in [1.29, 1.82) is 0 Å². The first-order chi connectivity index (χ1) is 19.7. The van der Waals surface area contributed by atoms with E-state index >= 15 is 0 Å². The van der Waals surface area contributed by atoms with Crippen molar-refractivity contribution in [2.45, 2.75) is 153 Å². The highest BCUT2D eigenvalue weighted by molar-refractivity contribution is 5.53. The molecule has 240 valence electrons. The zero-order chi connectivity index (χ0) is 30.7. The van der Waals surface area contributed by atoms with Crippen LogP contribution in [-0.4, -0.2) is 72.0 Å². The lowest BCUT2D eigenvalue weighted by Crippen LogP contribution is -2.38. The fourth-order valence-corrected chi connectivity index (χ4v) is 7.40. The topological polar surface area (TPSA) is 92.7 Å². The summed E-state index contributed by atoms with van der Waals surface area (Å²) >= 11 is 0. The molecule has 0 amide bonds. The molecule has 1 N–H and O–H groups in total. The summed E-state index contributed by atoms with van der Waals surface area (Å²) in [4.78, 5) is 10.6. The summed E-state index contributed by atoms with van der Waals surface area (Å²) in [6.07, 6.45) is 18.8. The molecule has 6 fully saturated rings. The first-order valence-electron chi connectivity index (χ1n) is 16.2. The van der Waals surface area contributed by atoms with E-state index in [1.807, 2.05) is 41.5 Å². The summed E-state index contributed by atoms with van der Waals surface area (Å²) in [5.74, 6) is 2.76. The molecule has 0 aromatic heterocycles. The van der Waals surface area contributed by atoms with Crippen LogP contribution in [0.3, 0.4) is 0 Å². The van der Waals surface area contributed by atoms with Crippen LogP contribution in [0.4, 0.5) is 0 Å². The van der Waals surface area contributed by atoms with Gasteiger partial charge in [0, 0.05) is 18.4 Å². The fraction of sp³-hybridized carbons (Fsp3) is 0.912. The number of carbonyl (C=O) groups excluding carboxylic acids is 1. The Labute approximate surface area is 253 Å². The van der Waals surface area contributed by atoms with Crippen LogP contribution in [0.1, 0.15) is 119 Å². The van der Waals surface area contributed by atoms with E-state index in [-0.39, 0.29) is 22.7 Å². The van der Waals surface area contributed by atoms with E-state index in [0.29, 0.717) is 25.0 Å². The van der Waals surface area contributed by atoms with Crippen molar-refractivity contribution in [3.05, 3.63) is 0 Å². The van der Waals surface area contributed by atoms with Gasteiger partial charge in [-0.2, -0.15) is 0 Å². The molecule has 42 heavy (non-hydrogen) atoms. The monoisotopic (exact) mass is 592 g/mol. The van der Waals surface area contributed by atoms with Gasteiger partial charge in [0.15, 0.2) is 17.4 Å². The number of hydrogen-bond acceptors (Lipinski definition) is 8. The number of hydrogen-bond donors (Lipinski definition) is 1. The molecular weight excluding hydrogens is 536 g/mol. The van der Waals surface area contributed by atoms with E-state index in [9.17, 15) is 4.79 Å². The molecule has 0 unspecified atom stereocenters. The van der Waals surface area contributed by atoms with Crippen LogP contribution in [0.15, 0.2) is 0 Å². The molecule has 3 saturated carbocycles. The molecule has 8 heteroatoms. The van der Waals surface area contributed by atoms with Crippen LogP contribution in [0.25, 0.3) is 0 Å². The SMILES string of the molecule is C#CC1CCC2(CC1)COC(C)(C)O2.CC1(C)OCC2(CCC(C=O)CC2)O1.CC1(C)OCC2(CCC(CO)CC2)O1. The van der Waals surface area contributed by atoms with Crippen LogP contribution in [0, 0.1) is 30.1 Å². The number of rotatable bonds is 2. The average molecular weight is 593 g/mol. The van der Waals surface area contributed by atoms with Gasteiger partial charge < -0.3 is 38.3 Å². The quantitative estimate of drug-likeness (QED) is 0.312. The smallest absolute Gasteiger partial charge is 0.163 e. The van der Waals surface area contributed by atoms with Crippen LogP contribution in [0.5, 0.6) is 0 Å². The Hall–Kier alpha value is -1.05. The van der Waals surface area contributed by atoms with Gasteiger partial charge in [-0.25, -0.2) is 0 Å². The van der Waals surface area contributed by atoms with Crippen molar-refractivity contribution in [1.82, 2.24) is 0 Å².